The van der Waals surface area contributed by atoms with Crippen molar-refractivity contribution in [3.05, 3.63) is 50.8 Å². The summed E-state index contributed by atoms with van der Waals surface area (Å²) in [6.45, 7) is 10.9. The molecule has 2 unspecified atom stereocenters. The summed E-state index contributed by atoms with van der Waals surface area (Å²) in [5.41, 5.74) is 9.83. The molecule has 0 bridgehead atoms. The van der Waals surface area contributed by atoms with E-state index in [2.05, 4.69) is 33.0 Å². The van der Waals surface area contributed by atoms with Gasteiger partial charge in [0.1, 0.15) is 6.10 Å². The van der Waals surface area contributed by atoms with E-state index < -0.39 is 0 Å². The molecule has 5 heteroatoms. The van der Waals surface area contributed by atoms with E-state index in [-0.39, 0.29) is 24.3 Å². The first-order valence-electron chi connectivity index (χ1n) is 13.3. The molecule has 1 saturated carbocycles. The van der Waals surface area contributed by atoms with Crippen molar-refractivity contribution in [2.75, 3.05) is 13.2 Å². The molecule has 0 radical (unpaired) electrons. The first-order chi connectivity index (χ1) is 16.8. The Morgan fingerprint density at radius 1 is 1.09 bits per heavy atom. The summed E-state index contributed by atoms with van der Waals surface area (Å²) < 4.78 is 27.0. The quantitative estimate of drug-likeness (QED) is 0.542. The van der Waals surface area contributed by atoms with Gasteiger partial charge in [-0.05, 0) is 122 Å². The number of hydrogen-bond acceptors (Lipinski definition) is 4. The van der Waals surface area contributed by atoms with Crippen LogP contribution >= 0.6 is 0 Å². The molecule has 4 nitrogen and oxygen atoms in total. The zero-order chi connectivity index (χ0) is 24.7. The first-order valence-corrected chi connectivity index (χ1v) is 13.3. The van der Waals surface area contributed by atoms with Crippen molar-refractivity contribution in [1.29, 1.82) is 0 Å². The van der Waals surface area contributed by atoms with Crippen molar-refractivity contribution < 1.29 is 18.7 Å². The Morgan fingerprint density at radius 2 is 1.91 bits per heavy atom. The Labute approximate surface area is 208 Å². The van der Waals surface area contributed by atoms with Gasteiger partial charge in [0.15, 0.2) is 11.6 Å². The molecule has 3 aliphatic rings. The molecule has 1 aliphatic carbocycles. The highest BCUT2D eigenvalue weighted by molar-refractivity contribution is 5.84. The fourth-order valence-corrected chi connectivity index (χ4v) is 6.56. The molecule has 0 spiro atoms. The Kier molecular flexibility index (Phi) is 6.89. The van der Waals surface area contributed by atoms with E-state index in [0.717, 1.165) is 90.6 Å². The molecule has 35 heavy (non-hydrogen) atoms. The number of hydrogen-bond donors (Lipinski definition) is 1. The third kappa shape index (κ3) is 4.60. The fourth-order valence-electron chi connectivity index (χ4n) is 6.56. The lowest BCUT2D eigenvalue weighted by atomic mass is 9.79. The van der Waals surface area contributed by atoms with E-state index in [1.165, 1.54) is 17.5 Å². The molecule has 1 N–H and O–H groups in total. The summed E-state index contributed by atoms with van der Waals surface area (Å²) >= 11 is 0. The maximum absolute atomic E-state index is 15.3. The van der Waals surface area contributed by atoms with Crippen LogP contribution in [0.2, 0.25) is 0 Å². The van der Waals surface area contributed by atoms with E-state index in [1.807, 2.05) is 0 Å². The third-order valence-electron chi connectivity index (χ3n) is 8.47. The fraction of sp³-hybridized carbons (Fsp3) is 0.567. The van der Waals surface area contributed by atoms with Crippen LogP contribution in [0.15, 0.2) is 6.07 Å². The minimum atomic E-state index is -0.307. The molecule has 2 aliphatic heterocycles. The normalized spacial score (nSPS) is 21.6. The summed E-state index contributed by atoms with van der Waals surface area (Å²) in [5, 5.41) is 3.50. The number of halogens is 1. The number of nitrogens with one attached hydrogen (secondary N) is 1. The first kappa shape index (κ1) is 24.3. The smallest absolute Gasteiger partial charge is 0.310 e. The summed E-state index contributed by atoms with van der Waals surface area (Å²) in [6.07, 6.45) is 7.10. The number of rotatable bonds is 4. The summed E-state index contributed by atoms with van der Waals surface area (Å²) in [6, 6.07) is 1.63. The van der Waals surface area contributed by atoms with Crippen molar-refractivity contribution in [2.45, 2.75) is 91.7 Å². The van der Waals surface area contributed by atoms with Gasteiger partial charge >= 0.3 is 5.97 Å². The highest BCUT2D eigenvalue weighted by Crippen LogP contribution is 2.43. The van der Waals surface area contributed by atoms with Gasteiger partial charge in [0.2, 0.25) is 0 Å². The van der Waals surface area contributed by atoms with Gasteiger partial charge in [0.25, 0.3) is 0 Å². The molecular weight excluding hydrogens is 441 g/mol. The van der Waals surface area contributed by atoms with Crippen LogP contribution in [-0.2, 0) is 35.3 Å². The van der Waals surface area contributed by atoms with E-state index >= 15 is 4.39 Å². The van der Waals surface area contributed by atoms with Crippen LogP contribution in [0.4, 0.5) is 4.39 Å². The second-order valence-corrected chi connectivity index (χ2v) is 10.8. The second-order valence-electron chi connectivity index (χ2n) is 10.8. The van der Waals surface area contributed by atoms with Crippen LogP contribution in [0.1, 0.15) is 78.0 Å². The molecule has 2 atom stereocenters. The van der Waals surface area contributed by atoms with Crippen LogP contribution < -0.4 is 10.1 Å². The van der Waals surface area contributed by atoms with Crippen molar-refractivity contribution >= 4 is 5.97 Å². The molecular formula is C30H38FNO3. The summed E-state index contributed by atoms with van der Waals surface area (Å²) in [7, 11) is 0. The highest BCUT2D eigenvalue weighted by Gasteiger charge is 2.29. The molecule has 1 fully saturated rings. The van der Waals surface area contributed by atoms with Crippen LogP contribution in [0.5, 0.6) is 5.75 Å². The van der Waals surface area contributed by atoms with Crippen molar-refractivity contribution in [1.82, 2.24) is 5.32 Å². The van der Waals surface area contributed by atoms with Crippen LogP contribution in [-0.4, -0.2) is 25.2 Å². The predicted molar refractivity (Wildman–Crippen MR) is 136 cm³/mol. The van der Waals surface area contributed by atoms with Gasteiger partial charge in [-0.1, -0.05) is 13.3 Å². The van der Waals surface area contributed by atoms with E-state index in [9.17, 15) is 4.79 Å². The second kappa shape index (κ2) is 9.93. The molecule has 0 amide bonds. The number of carbonyl (C=O) groups excluding carboxylic acids is 1. The molecule has 0 saturated heterocycles. The molecule has 0 aromatic heterocycles. The van der Waals surface area contributed by atoms with E-state index in [1.54, 1.807) is 6.07 Å². The van der Waals surface area contributed by atoms with E-state index in [0.29, 0.717) is 18.3 Å². The minimum absolute atomic E-state index is 0.0120. The van der Waals surface area contributed by atoms with Gasteiger partial charge in [-0.25, -0.2) is 4.39 Å². The van der Waals surface area contributed by atoms with Gasteiger partial charge in [-0.15, -0.1) is 0 Å². The van der Waals surface area contributed by atoms with E-state index in [4.69, 9.17) is 9.47 Å². The van der Waals surface area contributed by atoms with Gasteiger partial charge < -0.3 is 14.8 Å². The van der Waals surface area contributed by atoms with Gasteiger partial charge in [0.05, 0.1) is 13.0 Å². The van der Waals surface area contributed by atoms with Gasteiger partial charge in [0, 0.05) is 12.1 Å². The summed E-state index contributed by atoms with van der Waals surface area (Å²) in [5.74, 6) is 0.527. The van der Waals surface area contributed by atoms with Crippen molar-refractivity contribution in [3.63, 3.8) is 0 Å². The lowest BCUT2D eigenvalue weighted by Crippen LogP contribution is -2.28. The van der Waals surface area contributed by atoms with Gasteiger partial charge in [-0.3, -0.25) is 4.79 Å². The van der Waals surface area contributed by atoms with Crippen molar-refractivity contribution in [2.24, 2.45) is 5.92 Å². The molecule has 2 heterocycles. The van der Waals surface area contributed by atoms with Crippen LogP contribution in [0, 0.1) is 32.5 Å². The Hall–Kier alpha value is -2.40. The third-order valence-corrected chi connectivity index (χ3v) is 8.47. The predicted octanol–water partition coefficient (Wildman–Crippen LogP) is 6.05. The Bertz CT molecular complexity index is 1160. The molecule has 2 aromatic carbocycles. The maximum atomic E-state index is 15.3. The average molecular weight is 480 g/mol. The average Bonchev–Trinajstić information content (AvgIpc) is 2.85. The Balaban J connectivity index is 1.60. The van der Waals surface area contributed by atoms with Crippen molar-refractivity contribution in [3.8, 4) is 16.9 Å². The SMILES string of the molecule is Cc1c(-c2c(C)c3c(c(C)c2CC(=O)OC2CCCC(C)C2)CCNC3)cc(F)c2c1CCCO2. The number of carbonyl (C=O) groups is 1. The largest absolute Gasteiger partial charge is 0.490 e. The van der Waals surface area contributed by atoms with Crippen LogP contribution in [0.3, 0.4) is 0 Å². The van der Waals surface area contributed by atoms with Gasteiger partial charge in [-0.2, -0.15) is 0 Å². The minimum Gasteiger partial charge on any atom is -0.490 e. The number of fused-ring (bicyclic) bond motifs is 2. The lowest BCUT2D eigenvalue weighted by molar-refractivity contribution is -0.150. The molecule has 188 valence electrons. The van der Waals surface area contributed by atoms with Crippen LogP contribution in [0.25, 0.3) is 11.1 Å². The Morgan fingerprint density at radius 3 is 2.71 bits per heavy atom. The maximum Gasteiger partial charge on any atom is 0.310 e. The lowest BCUT2D eigenvalue weighted by Gasteiger charge is -2.30. The standard InChI is InChI=1S/C30H38FNO3/c1-17-7-5-8-21(13-17)35-28(33)15-25-18(2)22-10-11-32-16-26(22)20(4)29(25)24-14-27(31)30-23(19(24)3)9-6-12-34-30/h14,17,21,32H,5-13,15-16H2,1-4H3. The topological polar surface area (TPSA) is 47.6 Å². The number of ether oxygens (including phenoxy) is 2. The zero-order valence-electron chi connectivity index (χ0n) is 21.6. The summed E-state index contributed by atoms with van der Waals surface area (Å²) in [4.78, 5) is 13.3. The number of esters is 1. The number of benzene rings is 2. The zero-order valence-corrected chi connectivity index (χ0v) is 21.6. The monoisotopic (exact) mass is 479 g/mol. The highest BCUT2D eigenvalue weighted by atomic mass is 19.1. The molecule has 2 aromatic rings. The molecule has 5 rings (SSSR count).